The highest BCUT2D eigenvalue weighted by Crippen LogP contribution is 2.14. The summed E-state index contributed by atoms with van der Waals surface area (Å²) in [6, 6.07) is 7.51. The largest absolute Gasteiger partial charge is 0.497 e. The number of methoxy groups -OCH3 is 1. The molecule has 24 heavy (non-hydrogen) atoms. The first-order chi connectivity index (χ1) is 11.7. The minimum absolute atomic E-state index is 0.0569. The van der Waals surface area contributed by atoms with Crippen LogP contribution in [0.25, 0.3) is 0 Å². The Hall–Kier alpha value is -2.41. The molecule has 1 aliphatic rings. The van der Waals surface area contributed by atoms with Crippen LogP contribution in [0.5, 0.6) is 5.75 Å². The third-order valence-corrected chi connectivity index (χ3v) is 4.67. The van der Waals surface area contributed by atoms with Crippen molar-refractivity contribution < 1.29 is 14.3 Å². The van der Waals surface area contributed by atoms with Crippen LogP contribution < -0.4 is 4.74 Å². The molecule has 7 heteroatoms. The molecule has 2 amide bonds. The lowest BCUT2D eigenvalue weighted by molar-refractivity contribution is -0.131. The fourth-order valence-electron chi connectivity index (χ4n) is 2.67. The van der Waals surface area contributed by atoms with Crippen molar-refractivity contribution >= 4 is 23.2 Å². The zero-order chi connectivity index (χ0) is 16.9. The molecule has 0 atom stereocenters. The molecule has 1 aromatic heterocycles. The van der Waals surface area contributed by atoms with Crippen LogP contribution in [0.4, 0.5) is 0 Å². The molecular weight excluding hydrogens is 326 g/mol. The number of aromatic nitrogens is 1. The van der Waals surface area contributed by atoms with Crippen molar-refractivity contribution in [2.45, 2.75) is 6.42 Å². The van der Waals surface area contributed by atoms with Crippen LogP contribution in [0.3, 0.4) is 0 Å². The Balaban J connectivity index is 1.52. The standard InChI is InChI=1S/C17H19N3O3S/c1-23-14-4-2-13(3-5-14)10-16(21)19-6-8-20(9-7-19)17(22)15-11-24-12-18-15/h2-5,11-12H,6-10H2,1H3. The number of amides is 2. The van der Waals surface area contributed by atoms with Gasteiger partial charge >= 0.3 is 0 Å². The molecule has 2 heterocycles. The first-order valence-electron chi connectivity index (χ1n) is 7.75. The predicted molar refractivity (Wildman–Crippen MR) is 91.3 cm³/mol. The van der Waals surface area contributed by atoms with E-state index in [-0.39, 0.29) is 11.8 Å². The molecule has 1 aromatic carbocycles. The van der Waals surface area contributed by atoms with Crippen molar-refractivity contribution in [3.05, 3.63) is 46.4 Å². The van der Waals surface area contributed by atoms with E-state index in [0.29, 0.717) is 38.3 Å². The van der Waals surface area contributed by atoms with Crippen molar-refractivity contribution in [3.63, 3.8) is 0 Å². The van der Waals surface area contributed by atoms with Gasteiger partial charge in [-0.25, -0.2) is 4.98 Å². The van der Waals surface area contributed by atoms with E-state index in [2.05, 4.69) is 4.98 Å². The molecule has 1 fully saturated rings. The van der Waals surface area contributed by atoms with Crippen molar-refractivity contribution in [2.24, 2.45) is 0 Å². The van der Waals surface area contributed by atoms with Gasteiger partial charge in [0, 0.05) is 31.6 Å². The van der Waals surface area contributed by atoms with E-state index in [9.17, 15) is 9.59 Å². The Bertz CT molecular complexity index is 692. The van der Waals surface area contributed by atoms with E-state index >= 15 is 0 Å². The number of rotatable bonds is 4. The maximum absolute atomic E-state index is 12.4. The lowest BCUT2D eigenvalue weighted by Gasteiger charge is -2.34. The van der Waals surface area contributed by atoms with E-state index in [0.717, 1.165) is 11.3 Å². The van der Waals surface area contributed by atoms with E-state index in [1.807, 2.05) is 29.2 Å². The highest BCUT2D eigenvalue weighted by atomic mass is 32.1. The molecule has 6 nitrogen and oxygen atoms in total. The highest BCUT2D eigenvalue weighted by Gasteiger charge is 2.25. The van der Waals surface area contributed by atoms with E-state index in [4.69, 9.17) is 4.74 Å². The van der Waals surface area contributed by atoms with Gasteiger partial charge in [-0.15, -0.1) is 11.3 Å². The van der Waals surface area contributed by atoms with Crippen LogP contribution >= 0.6 is 11.3 Å². The maximum atomic E-state index is 12.4. The fraction of sp³-hybridized carbons (Fsp3) is 0.353. The molecule has 0 spiro atoms. The Labute approximate surface area is 144 Å². The second-order valence-corrected chi connectivity index (χ2v) is 6.29. The Kier molecular flexibility index (Phi) is 5.10. The van der Waals surface area contributed by atoms with Crippen molar-refractivity contribution in [3.8, 4) is 5.75 Å². The van der Waals surface area contributed by atoms with Crippen LogP contribution in [0.15, 0.2) is 35.2 Å². The molecule has 1 aliphatic heterocycles. The van der Waals surface area contributed by atoms with Crippen molar-refractivity contribution in [1.29, 1.82) is 0 Å². The topological polar surface area (TPSA) is 62.7 Å². The summed E-state index contributed by atoms with van der Waals surface area (Å²) in [7, 11) is 1.62. The van der Waals surface area contributed by atoms with Gasteiger partial charge in [-0.2, -0.15) is 0 Å². The zero-order valence-electron chi connectivity index (χ0n) is 13.5. The molecular formula is C17H19N3O3S. The van der Waals surface area contributed by atoms with Gasteiger partial charge in [0.2, 0.25) is 5.91 Å². The predicted octanol–water partition coefficient (Wildman–Crippen LogP) is 1.68. The van der Waals surface area contributed by atoms with Gasteiger partial charge in [-0.1, -0.05) is 12.1 Å². The summed E-state index contributed by atoms with van der Waals surface area (Å²) in [6.45, 7) is 2.21. The smallest absolute Gasteiger partial charge is 0.273 e. The van der Waals surface area contributed by atoms with Crippen LogP contribution in [-0.2, 0) is 11.2 Å². The number of hydrogen-bond acceptors (Lipinski definition) is 5. The average molecular weight is 345 g/mol. The minimum atomic E-state index is -0.0569. The Morgan fingerprint density at radius 2 is 1.79 bits per heavy atom. The SMILES string of the molecule is COc1ccc(CC(=O)N2CCN(C(=O)c3cscn3)CC2)cc1. The normalized spacial score (nSPS) is 14.5. The summed E-state index contributed by atoms with van der Waals surface area (Å²) < 4.78 is 5.12. The van der Waals surface area contributed by atoms with Crippen molar-refractivity contribution in [2.75, 3.05) is 33.3 Å². The third kappa shape index (κ3) is 3.73. The van der Waals surface area contributed by atoms with E-state index in [1.54, 1.807) is 22.9 Å². The van der Waals surface area contributed by atoms with Crippen molar-refractivity contribution in [1.82, 2.24) is 14.8 Å². The molecule has 2 aromatic rings. The number of hydrogen-bond donors (Lipinski definition) is 0. The minimum Gasteiger partial charge on any atom is -0.497 e. The van der Waals surface area contributed by atoms with Gasteiger partial charge in [-0.05, 0) is 17.7 Å². The van der Waals surface area contributed by atoms with Crippen LogP contribution in [0.1, 0.15) is 16.1 Å². The summed E-state index contributed by atoms with van der Waals surface area (Å²) in [5.74, 6) is 0.805. The zero-order valence-corrected chi connectivity index (χ0v) is 14.3. The Morgan fingerprint density at radius 1 is 1.12 bits per heavy atom. The first kappa shape index (κ1) is 16.4. The van der Waals surface area contributed by atoms with E-state index in [1.165, 1.54) is 11.3 Å². The van der Waals surface area contributed by atoms with Crippen LogP contribution in [0, 0.1) is 0 Å². The van der Waals surface area contributed by atoms with Gasteiger partial charge < -0.3 is 14.5 Å². The lowest BCUT2D eigenvalue weighted by atomic mass is 10.1. The van der Waals surface area contributed by atoms with Gasteiger partial charge in [0.1, 0.15) is 11.4 Å². The lowest BCUT2D eigenvalue weighted by Crippen LogP contribution is -2.51. The summed E-state index contributed by atoms with van der Waals surface area (Å²) in [6.07, 6.45) is 0.365. The van der Waals surface area contributed by atoms with Gasteiger partial charge in [0.25, 0.3) is 5.91 Å². The second kappa shape index (κ2) is 7.44. The number of carbonyl (C=O) groups excluding carboxylic acids is 2. The first-order valence-corrected chi connectivity index (χ1v) is 8.70. The molecule has 0 aliphatic carbocycles. The second-order valence-electron chi connectivity index (χ2n) is 5.57. The van der Waals surface area contributed by atoms with Crippen LogP contribution in [0.2, 0.25) is 0 Å². The number of carbonyl (C=O) groups is 2. The summed E-state index contributed by atoms with van der Waals surface area (Å²) in [5, 5.41) is 1.75. The summed E-state index contributed by atoms with van der Waals surface area (Å²) in [5.41, 5.74) is 3.10. The molecule has 3 rings (SSSR count). The van der Waals surface area contributed by atoms with E-state index < -0.39 is 0 Å². The van der Waals surface area contributed by atoms with Gasteiger partial charge in [0.05, 0.1) is 19.0 Å². The van der Waals surface area contributed by atoms with Gasteiger partial charge in [-0.3, -0.25) is 9.59 Å². The van der Waals surface area contributed by atoms with Crippen LogP contribution in [-0.4, -0.2) is 59.9 Å². The maximum Gasteiger partial charge on any atom is 0.273 e. The monoisotopic (exact) mass is 345 g/mol. The molecule has 0 radical (unpaired) electrons. The molecule has 1 saturated heterocycles. The highest BCUT2D eigenvalue weighted by molar-refractivity contribution is 7.07. The number of thiazole rings is 1. The number of piperazine rings is 1. The summed E-state index contributed by atoms with van der Waals surface area (Å²) in [4.78, 5) is 32.3. The Morgan fingerprint density at radius 3 is 2.38 bits per heavy atom. The number of ether oxygens (including phenoxy) is 1. The fourth-order valence-corrected chi connectivity index (χ4v) is 3.19. The molecule has 0 saturated carbocycles. The number of benzene rings is 1. The third-order valence-electron chi connectivity index (χ3n) is 4.09. The number of nitrogens with zero attached hydrogens (tertiary/aromatic N) is 3. The average Bonchev–Trinajstić information content (AvgIpc) is 3.16. The molecule has 0 N–H and O–H groups in total. The summed E-state index contributed by atoms with van der Waals surface area (Å²) >= 11 is 1.41. The molecule has 0 bridgehead atoms. The molecule has 126 valence electrons. The molecule has 0 unspecified atom stereocenters. The quantitative estimate of drug-likeness (QED) is 0.846. The van der Waals surface area contributed by atoms with Gasteiger partial charge in [0.15, 0.2) is 0 Å².